The Kier molecular flexibility index (Phi) is 47.5. The molecule has 4 fully saturated rings. The molecule has 4 aliphatic heterocycles. The van der Waals surface area contributed by atoms with E-state index in [9.17, 15) is 48.3 Å². The number of ketones is 1. The lowest BCUT2D eigenvalue weighted by atomic mass is 10.1. The van der Waals surface area contributed by atoms with Crippen LogP contribution in [0.15, 0.2) is 141 Å². The van der Waals surface area contributed by atoms with E-state index in [2.05, 4.69) is 35.9 Å². The van der Waals surface area contributed by atoms with Gasteiger partial charge in [0.1, 0.15) is 91.0 Å². The molecule has 4 aliphatic rings. The highest BCUT2D eigenvalue weighted by molar-refractivity contribution is 7.96. The van der Waals surface area contributed by atoms with Crippen molar-refractivity contribution < 1.29 is 118 Å². The van der Waals surface area contributed by atoms with Gasteiger partial charge in [0, 0.05) is 121 Å². The van der Waals surface area contributed by atoms with Crippen LogP contribution in [0.5, 0.6) is 0 Å². The zero-order valence-electron chi connectivity index (χ0n) is 82.9. The van der Waals surface area contributed by atoms with E-state index in [4.69, 9.17) is 117 Å². The molecule has 8 N–H and O–H groups in total. The number of nitrogens with two attached hydrogens (primary N) is 1. The second-order valence-electron chi connectivity index (χ2n) is 28.9. The SMILES string of the molecule is O=C(Cl)c1ccc(CO)cc1.[2H]B([3H])CSOC[C@@H]1CC(OCCOC)[C@H](n2ccc(N)nc2=O)O1.[2H]B([3H])CSOC[C@@H]1CC(OCCOC)[C@H](n2ccc(NC(=O)c3ccc(CO)cc3)nc2=O)O1.[2H]B([3H])CSOC[C@@H]1CC(OCCOC)[C@H](n2ccc(NC(=O)c3ccc(COCCC(=O)CCC(=O)NC)cc3)nc2=O)O1.[2H]B([3H])CSOC[C@H]1O[C@@H](n2ccc(C)nc2=O)C(OCCOC)C1O. The first-order valence-corrected chi connectivity index (χ1v) is 46.1. The van der Waals surface area contributed by atoms with Crippen molar-refractivity contribution in [2.75, 3.05) is 160 Å². The number of rotatable bonds is 55. The number of halogens is 1. The Balaban J connectivity index is 0.000000253. The summed E-state index contributed by atoms with van der Waals surface area (Å²) < 4.78 is 157. The summed E-state index contributed by atoms with van der Waals surface area (Å²) in [6, 6.07) is 25.8. The van der Waals surface area contributed by atoms with Crippen LogP contribution in [0, 0.1) is 6.92 Å². The average molecular weight is 1980 g/mol. The largest absolute Gasteiger partial charge is 0.392 e. The molecule has 5 unspecified atom stereocenters. The third-order valence-electron chi connectivity index (χ3n) is 19.5. The van der Waals surface area contributed by atoms with Crippen molar-refractivity contribution in [3.05, 3.63) is 203 Å². The summed E-state index contributed by atoms with van der Waals surface area (Å²) in [6.45, 7) is 5.50. The number of aryl methyl sites for hydroxylation is 1. The highest BCUT2D eigenvalue weighted by Gasteiger charge is 2.47. The zero-order valence-corrected chi connectivity index (χ0v) is 78.9. The number of aliphatic hydroxyl groups excluding tert-OH is 3. The molecule has 50 heteroatoms. The monoisotopic (exact) mass is 1980 g/mol. The Morgan fingerprint density at radius 3 is 1.28 bits per heavy atom. The van der Waals surface area contributed by atoms with Gasteiger partial charge in [-0.05, 0) is 177 Å². The molecule has 4 saturated heterocycles. The standard InChI is InChI=1S/C28H39BN4O9S.C21H28BN3O7S.C14H23BN2O6S.C13H22BN3O5S.C8H7ClO2/c1-30-25(35)8-7-21(34)10-12-39-16-19-3-5-20(6-4-19)26(36)31-24-9-11-33(28(37)32-24)27-23(40-14-13-38-2)15-22(42-27)17-41-43-18-29;1-29-8-9-30-17-10-16(12-31-33-13-22)32-20(17)25-7-6-18(24-21(25)28)23-19(27)15-4-2-14(11-26)3-5-15;1-9-3-4-17(14(19)16-9)13-12(21-6-5-20-2)11(18)10(23-13)7-22-24-8-15;1-19-4-5-20-10-6-9(7-21-23-8-14)22-12(10)17-3-2-11(15)16-13(17)18;9-8(11)7-3-1-6(5-10)2-4-7/h3-6,9,11,22-23,27H,7-8,10,12-18,29H2,1-2H3,(H,30,35)(H,31,32,36,37);2-7,16-17,20,26H,8-13,22H2,1H3,(H,23,24,27,28);3-4,10-13,18H,5-8,15H2,1-2H3;2-3,9-10,12H,4-8,14H2,1H3,(H2,15,16,18);1-4,10H,5H2/t22-,23?,27+;16-,17?,20+;10-,11?,12?,13-;9-,10?,12+;/m0010./s1/i29TD;22TD;15TD;14TD;. The first kappa shape index (κ1) is 100. The molecule has 11 rings (SSSR count). The molecule has 134 heavy (non-hydrogen) atoms. The van der Waals surface area contributed by atoms with Gasteiger partial charge in [-0.1, -0.05) is 36.4 Å². The number of amides is 3. The van der Waals surface area contributed by atoms with Crippen LogP contribution in [0.4, 0.5) is 17.5 Å². The number of benzene rings is 3. The molecule has 0 spiro atoms. The lowest BCUT2D eigenvalue weighted by Gasteiger charge is -2.22. The third-order valence-corrected chi connectivity index (χ3v) is 21.5. The van der Waals surface area contributed by atoms with Crippen LogP contribution in [0.2, 0.25) is 0 Å². The van der Waals surface area contributed by atoms with Crippen molar-refractivity contribution in [2.24, 2.45) is 0 Å². The fraction of sp³-hybridized carbons (Fsp3) is 0.536. The smallest absolute Gasteiger partial charge is 0.351 e. The van der Waals surface area contributed by atoms with Crippen molar-refractivity contribution >= 4 is 137 Å². The number of carbonyl (C=O) groups excluding carboxylic acids is 5. The molecule has 0 saturated carbocycles. The Labute approximate surface area is 812 Å². The second-order valence-corrected chi connectivity index (χ2v) is 32.5. The number of methoxy groups -OCH3 is 4. The van der Waals surface area contributed by atoms with E-state index in [-0.39, 0.29) is 155 Å². The lowest BCUT2D eigenvalue weighted by Crippen LogP contribution is -2.38. The fourth-order valence-electron chi connectivity index (χ4n) is 12.9. The molecule has 0 bridgehead atoms. The minimum absolute atomic E-state index is 0.0171. The van der Waals surface area contributed by atoms with Gasteiger partial charge in [0.15, 0.2) is 24.9 Å². The summed E-state index contributed by atoms with van der Waals surface area (Å²) in [5.74, 6) is -0.809. The normalized spacial score (nSPS) is 21.2. The molecule has 0 aliphatic carbocycles. The molecule has 13 atom stereocenters. The number of nitrogens with one attached hydrogen (secondary N) is 3. The van der Waals surface area contributed by atoms with Crippen LogP contribution >= 0.6 is 59.8 Å². The number of aliphatic hydroxyl groups is 3. The van der Waals surface area contributed by atoms with Crippen LogP contribution in [0.25, 0.3) is 0 Å². The maximum Gasteiger partial charge on any atom is 0.351 e. The molecule has 8 heterocycles. The van der Waals surface area contributed by atoms with Gasteiger partial charge in [0.2, 0.25) is 5.91 Å². The number of Topliss-reactive ketones (excluding diaryl/α,β-unsaturated/α-hetero) is 1. The predicted molar refractivity (Wildman–Crippen MR) is 513 cm³/mol. The van der Waals surface area contributed by atoms with Gasteiger partial charge in [0.25, 0.3) is 17.1 Å². The second kappa shape index (κ2) is 63.4. The van der Waals surface area contributed by atoms with Gasteiger partial charge >= 0.3 is 22.8 Å². The van der Waals surface area contributed by atoms with Crippen molar-refractivity contribution in [3.63, 3.8) is 0 Å². The van der Waals surface area contributed by atoms with E-state index in [0.717, 1.165) is 59.3 Å². The summed E-state index contributed by atoms with van der Waals surface area (Å²) in [5.41, 5.74) is 8.12. The Morgan fingerprint density at radius 1 is 0.500 bits per heavy atom. The van der Waals surface area contributed by atoms with Crippen molar-refractivity contribution in [3.8, 4) is 0 Å². The molecular formula is C84H119B4ClN12O29S4. The van der Waals surface area contributed by atoms with Gasteiger partial charge < -0.3 is 115 Å². The summed E-state index contributed by atoms with van der Waals surface area (Å²) in [7, 11) is 3.86. The molecule has 4 aromatic heterocycles. The molecule has 41 nitrogen and oxygen atoms in total. The predicted octanol–water partition coefficient (Wildman–Crippen LogP) is 1.69. The van der Waals surface area contributed by atoms with Crippen molar-refractivity contribution in [1.82, 2.24) is 43.5 Å². The summed E-state index contributed by atoms with van der Waals surface area (Å²) in [5, 5.41) is 35.5. The number of nitrogens with zero attached hydrogens (tertiary/aromatic N) is 8. The number of hydrogen-bond donors (Lipinski definition) is 7. The maximum atomic E-state index is 13.0. The van der Waals surface area contributed by atoms with E-state index in [0.29, 0.717) is 93.5 Å². The minimum Gasteiger partial charge on any atom is -0.392 e. The molecule has 3 amide bonds. The number of aromatic nitrogens is 8. The van der Waals surface area contributed by atoms with Crippen molar-refractivity contribution in [1.29, 1.82) is 10.7 Å². The van der Waals surface area contributed by atoms with Crippen LogP contribution in [-0.4, -0.2) is 323 Å². The van der Waals surface area contributed by atoms with Gasteiger partial charge in [-0.25, -0.2) is 19.2 Å². The first-order valence-electron chi connectivity index (χ1n) is 46.7. The molecule has 0 radical (unpaired) electrons. The lowest BCUT2D eigenvalue weighted by molar-refractivity contribution is -0.125. The minimum atomic E-state index is -1.02. The van der Waals surface area contributed by atoms with E-state index < -0.39 is 126 Å². The van der Waals surface area contributed by atoms with Gasteiger partial charge in [-0.3, -0.25) is 42.2 Å². The Morgan fingerprint density at radius 2 is 0.888 bits per heavy atom. The highest BCUT2D eigenvalue weighted by atomic mass is 35.5. The topological polar surface area (TPSA) is 505 Å². The van der Waals surface area contributed by atoms with Gasteiger partial charge in [0.05, 0.1) is 124 Å². The third kappa shape index (κ3) is 38.7. The van der Waals surface area contributed by atoms with Crippen molar-refractivity contribution in [2.45, 2.75) is 145 Å². The van der Waals surface area contributed by atoms with E-state index in [1.165, 1.54) is 69.2 Å². The maximum absolute atomic E-state index is 13.0. The highest BCUT2D eigenvalue weighted by Crippen LogP contribution is 2.36. The van der Waals surface area contributed by atoms with Gasteiger partial charge in [-0.15, -0.1) is 0 Å². The van der Waals surface area contributed by atoms with Crippen LogP contribution in [-0.2, 0) is 108 Å². The molecule has 732 valence electrons. The van der Waals surface area contributed by atoms with Crippen LogP contribution in [0.3, 0.4) is 0 Å². The quantitative estimate of drug-likeness (QED) is 0.0123. The number of carbonyl (C=O) groups is 5. The van der Waals surface area contributed by atoms with E-state index in [1.807, 2.05) is 0 Å². The summed E-state index contributed by atoms with van der Waals surface area (Å²) in [6.07, 6.45) is 0.238. The molecular weight excluding hydrogens is 1850 g/mol. The van der Waals surface area contributed by atoms with Crippen LogP contribution in [0.1, 0.15) is 117 Å². The Bertz CT molecular complexity index is 5180. The van der Waals surface area contributed by atoms with E-state index in [1.54, 1.807) is 113 Å². The zero-order chi connectivity index (χ0) is 103. The average Bonchev–Trinajstić information content (AvgIpc) is 1.64. The first-order chi connectivity index (χ1) is 68.3. The Hall–Kier alpha value is -8.12. The number of nitrogen functional groups attached to an aromatic ring is 1. The fourth-order valence-corrected chi connectivity index (χ4v) is 14.4. The number of ether oxygens (including phenoxy) is 13. The van der Waals surface area contributed by atoms with E-state index >= 15 is 0 Å². The molecule has 7 aromatic rings. The molecule has 3 aromatic carbocycles. The summed E-state index contributed by atoms with van der Waals surface area (Å²) in [4.78, 5) is 124. The number of anilines is 3. The summed E-state index contributed by atoms with van der Waals surface area (Å²) >= 11 is 9.27. The van der Waals surface area contributed by atoms with Gasteiger partial charge in [-0.2, -0.15) is 19.9 Å². The van der Waals surface area contributed by atoms with Crippen LogP contribution < -0.4 is 44.4 Å². The number of hydrogen-bond acceptors (Lipinski definition) is 38.